The van der Waals surface area contributed by atoms with Crippen LogP contribution in [0.3, 0.4) is 0 Å². The van der Waals surface area contributed by atoms with Crippen LogP contribution in [-0.4, -0.2) is 59.8 Å². The van der Waals surface area contributed by atoms with Gasteiger partial charge in [0.15, 0.2) is 0 Å². The fourth-order valence-corrected chi connectivity index (χ4v) is 6.09. The summed E-state index contributed by atoms with van der Waals surface area (Å²) in [4.78, 5) is 54.0. The van der Waals surface area contributed by atoms with Crippen molar-refractivity contribution in [3.8, 4) is 0 Å². The highest BCUT2D eigenvalue weighted by atomic mass is 19.4. The molecule has 3 aliphatic rings. The fourth-order valence-electron chi connectivity index (χ4n) is 6.09. The minimum Gasteiger partial charge on any atom is -0.445 e. The first-order valence-corrected chi connectivity index (χ1v) is 15.9. The van der Waals surface area contributed by atoms with Gasteiger partial charge >= 0.3 is 18.4 Å². The molecule has 13 heteroatoms. The second-order valence-corrected chi connectivity index (χ2v) is 13.6. The van der Waals surface area contributed by atoms with Crippen molar-refractivity contribution < 1.29 is 41.8 Å². The van der Waals surface area contributed by atoms with Crippen LogP contribution in [0.1, 0.15) is 69.1 Å². The molecule has 1 aliphatic heterocycles. The molecule has 1 heterocycles. The smallest absolute Gasteiger partial charge is 0.410 e. The minimum absolute atomic E-state index is 0.0112. The molecule has 10 nitrogen and oxygen atoms in total. The standard InChI is InChI=1S/C34H41F3N4O6/c1-33(2,3)47-32(45)41-16-23-15-24(13-14-25(23)26(17-41)29(42)38-19-34(35,36)37)39-30(43)28(27(21-9-10-21)22-11-12-22)40-31(44)46-18-20-7-5-4-6-8-20/h4-8,13-15,21-22,26-28H,9-12,16-19H2,1-3H3,(H,38,42)(H,39,43)(H,40,44)/t26?,28-/m0/s1. The topological polar surface area (TPSA) is 126 Å². The third kappa shape index (κ3) is 9.61. The van der Waals surface area contributed by atoms with Crippen molar-refractivity contribution in [1.29, 1.82) is 0 Å². The van der Waals surface area contributed by atoms with E-state index in [0.29, 0.717) is 28.7 Å². The normalized spacial score (nSPS) is 18.5. The number of hydrogen-bond donors (Lipinski definition) is 3. The van der Waals surface area contributed by atoms with Gasteiger partial charge in [-0.05, 0) is 93.0 Å². The SMILES string of the molecule is CC(C)(C)OC(=O)N1Cc2cc(NC(=O)[C@@H](NC(=O)OCc3ccccc3)C(C3CC3)C3CC3)ccc2C(C(=O)NCC(F)(F)F)C1. The van der Waals surface area contributed by atoms with E-state index in [9.17, 15) is 32.3 Å². The number of nitrogens with zero attached hydrogens (tertiary/aromatic N) is 1. The molecule has 5 rings (SSSR count). The number of nitrogens with one attached hydrogen (secondary N) is 3. The average molecular weight is 659 g/mol. The maximum Gasteiger partial charge on any atom is 0.410 e. The lowest BCUT2D eigenvalue weighted by Gasteiger charge is -2.35. The molecule has 254 valence electrons. The zero-order chi connectivity index (χ0) is 33.9. The Morgan fingerprint density at radius 2 is 1.62 bits per heavy atom. The van der Waals surface area contributed by atoms with Crippen LogP contribution < -0.4 is 16.0 Å². The molecule has 0 spiro atoms. The molecule has 0 radical (unpaired) electrons. The molecule has 4 amide bonds. The second-order valence-electron chi connectivity index (χ2n) is 13.6. The summed E-state index contributed by atoms with van der Waals surface area (Å²) in [5.41, 5.74) is 1.23. The number of anilines is 1. The van der Waals surface area contributed by atoms with E-state index in [2.05, 4.69) is 10.6 Å². The van der Waals surface area contributed by atoms with E-state index in [1.54, 1.807) is 39.0 Å². The molecule has 1 unspecified atom stereocenters. The molecule has 2 fully saturated rings. The Balaban J connectivity index is 1.35. The third-order valence-electron chi connectivity index (χ3n) is 8.47. The number of alkyl halides is 3. The van der Waals surface area contributed by atoms with Crippen LogP contribution in [0.25, 0.3) is 0 Å². The Bertz CT molecular complexity index is 1460. The van der Waals surface area contributed by atoms with E-state index in [4.69, 9.17) is 9.47 Å². The average Bonchev–Trinajstić information content (AvgIpc) is 3.93. The summed E-state index contributed by atoms with van der Waals surface area (Å²) in [7, 11) is 0. The molecule has 2 saturated carbocycles. The number of halogens is 3. The quantitative estimate of drug-likeness (QED) is 0.293. The molecule has 0 aromatic heterocycles. The van der Waals surface area contributed by atoms with E-state index >= 15 is 0 Å². The summed E-state index contributed by atoms with van der Waals surface area (Å²) in [6.45, 7) is 3.42. The summed E-state index contributed by atoms with van der Waals surface area (Å²) in [6.07, 6.45) is -2.13. The van der Waals surface area contributed by atoms with E-state index in [1.807, 2.05) is 35.6 Å². The van der Waals surface area contributed by atoms with Crippen molar-refractivity contribution in [1.82, 2.24) is 15.5 Å². The number of ether oxygens (including phenoxy) is 2. The van der Waals surface area contributed by atoms with Gasteiger partial charge in [-0.15, -0.1) is 0 Å². The third-order valence-corrected chi connectivity index (χ3v) is 8.47. The molecule has 3 N–H and O–H groups in total. The van der Waals surface area contributed by atoms with Crippen LogP contribution in [0.4, 0.5) is 28.4 Å². The molecule has 0 bridgehead atoms. The maximum absolute atomic E-state index is 13.8. The van der Waals surface area contributed by atoms with E-state index in [0.717, 1.165) is 31.2 Å². The lowest BCUT2D eigenvalue weighted by Crippen LogP contribution is -2.50. The Labute approximate surface area is 271 Å². The number of carbonyl (C=O) groups excluding carboxylic acids is 4. The summed E-state index contributed by atoms with van der Waals surface area (Å²) in [5, 5.41) is 7.63. The zero-order valence-electron chi connectivity index (χ0n) is 26.7. The number of fused-ring (bicyclic) bond motifs is 1. The predicted molar refractivity (Wildman–Crippen MR) is 166 cm³/mol. The molecule has 2 atom stereocenters. The van der Waals surface area contributed by atoms with E-state index in [1.165, 1.54) is 4.90 Å². The van der Waals surface area contributed by atoms with Crippen LogP contribution in [0.2, 0.25) is 0 Å². The Hall–Kier alpha value is -4.29. The lowest BCUT2D eigenvalue weighted by atomic mass is 9.88. The van der Waals surface area contributed by atoms with Gasteiger partial charge in [0, 0.05) is 18.8 Å². The summed E-state index contributed by atoms with van der Waals surface area (Å²) < 4.78 is 49.6. The van der Waals surface area contributed by atoms with Crippen LogP contribution in [-0.2, 0) is 32.2 Å². The highest BCUT2D eigenvalue weighted by Crippen LogP contribution is 2.51. The largest absolute Gasteiger partial charge is 0.445 e. The predicted octanol–water partition coefficient (Wildman–Crippen LogP) is 5.87. The summed E-state index contributed by atoms with van der Waals surface area (Å²) in [6, 6.07) is 13.1. The first kappa shape index (κ1) is 34.1. The van der Waals surface area contributed by atoms with Gasteiger partial charge in [-0.25, -0.2) is 9.59 Å². The van der Waals surface area contributed by atoms with Gasteiger partial charge in [0.25, 0.3) is 0 Å². The van der Waals surface area contributed by atoms with Crippen molar-refractivity contribution in [3.63, 3.8) is 0 Å². The zero-order valence-corrected chi connectivity index (χ0v) is 26.7. The number of amides is 4. The second kappa shape index (κ2) is 13.8. The van der Waals surface area contributed by atoms with Gasteiger partial charge in [-0.2, -0.15) is 13.2 Å². The fraction of sp³-hybridized carbons (Fsp3) is 0.529. The molecule has 2 aliphatic carbocycles. The van der Waals surface area contributed by atoms with Gasteiger partial charge in [0.1, 0.15) is 24.8 Å². The van der Waals surface area contributed by atoms with Crippen molar-refractivity contribution in [3.05, 3.63) is 65.2 Å². The summed E-state index contributed by atoms with van der Waals surface area (Å²) in [5.74, 6) is -1.83. The first-order chi connectivity index (χ1) is 22.2. The molecule has 2 aromatic rings. The lowest BCUT2D eigenvalue weighted by molar-refractivity contribution is -0.139. The minimum atomic E-state index is -4.61. The van der Waals surface area contributed by atoms with E-state index < -0.39 is 54.3 Å². The molecule has 2 aromatic carbocycles. The Kier molecular flexibility index (Phi) is 10.0. The van der Waals surface area contributed by atoms with Crippen LogP contribution in [0.15, 0.2) is 48.5 Å². The maximum atomic E-state index is 13.8. The van der Waals surface area contributed by atoms with Crippen LogP contribution >= 0.6 is 0 Å². The number of alkyl carbamates (subject to hydrolysis) is 1. The van der Waals surface area contributed by atoms with Gasteiger partial charge in [-0.1, -0.05) is 36.4 Å². The highest BCUT2D eigenvalue weighted by molar-refractivity contribution is 5.97. The van der Waals surface area contributed by atoms with Crippen molar-refractivity contribution in [2.75, 3.05) is 18.4 Å². The Morgan fingerprint density at radius 3 is 2.21 bits per heavy atom. The molecule has 47 heavy (non-hydrogen) atoms. The van der Waals surface area contributed by atoms with Gasteiger partial charge in [0.05, 0.1) is 5.92 Å². The van der Waals surface area contributed by atoms with E-state index in [-0.39, 0.29) is 25.6 Å². The van der Waals surface area contributed by atoms with Crippen LogP contribution in [0, 0.1) is 17.8 Å². The van der Waals surface area contributed by atoms with Gasteiger partial charge in [0.2, 0.25) is 11.8 Å². The monoisotopic (exact) mass is 658 g/mol. The number of rotatable bonds is 10. The molecular formula is C34H41F3N4O6. The summed E-state index contributed by atoms with van der Waals surface area (Å²) >= 11 is 0. The van der Waals surface area contributed by atoms with Crippen molar-refractivity contribution in [2.45, 2.75) is 83.3 Å². The molecular weight excluding hydrogens is 617 g/mol. The van der Waals surface area contributed by atoms with Crippen LogP contribution in [0.5, 0.6) is 0 Å². The number of carbonyl (C=O) groups is 4. The molecule has 0 saturated heterocycles. The number of benzene rings is 2. The van der Waals surface area contributed by atoms with Gasteiger partial charge < -0.3 is 30.3 Å². The van der Waals surface area contributed by atoms with Crippen molar-refractivity contribution >= 4 is 29.7 Å². The first-order valence-electron chi connectivity index (χ1n) is 15.9. The number of hydrogen-bond acceptors (Lipinski definition) is 6. The Morgan fingerprint density at radius 1 is 0.957 bits per heavy atom. The highest BCUT2D eigenvalue weighted by Gasteiger charge is 2.48. The van der Waals surface area contributed by atoms with Gasteiger partial charge in [-0.3, -0.25) is 9.59 Å². The van der Waals surface area contributed by atoms with Crippen molar-refractivity contribution in [2.24, 2.45) is 17.8 Å².